The highest BCUT2D eigenvalue weighted by atomic mass is 79.9. The van der Waals surface area contributed by atoms with Crippen molar-refractivity contribution >= 4 is 22.0 Å². The van der Waals surface area contributed by atoms with Gasteiger partial charge >= 0.3 is 6.03 Å². The van der Waals surface area contributed by atoms with Gasteiger partial charge in [-0.1, -0.05) is 46.3 Å². The number of hydrogen-bond acceptors (Lipinski definition) is 3. The van der Waals surface area contributed by atoms with Gasteiger partial charge in [-0.3, -0.25) is 4.57 Å². The molecule has 1 heterocycles. The minimum Gasteiger partial charge on any atom is -0.332 e. The van der Waals surface area contributed by atoms with E-state index in [0.717, 1.165) is 15.7 Å². The second-order valence-electron chi connectivity index (χ2n) is 5.56. The summed E-state index contributed by atoms with van der Waals surface area (Å²) in [5.41, 5.74) is 1.98. The lowest BCUT2D eigenvalue weighted by Crippen LogP contribution is -2.37. The van der Waals surface area contributed by atoms with Gasteiger partial charge in [0.05, 0.1) is 12.6 Å². The summed E-state index contributed by atoms with van der Waals surface area (Å²) >= 11 is 3.44. The molecule has 3 aromatic rings. The van der Waals surface area contributed by atoms with Gasteiger partial charge in [-0.25, -0.2) is 4.79 Å². The molecule has 7 heteroatoms. The quantitative estimate of drug-likeness (QED) is 0.688. The second-order valence-corrected chi connectivity index (χ2v) is 6.47. The molecule has 0 saturated heterocycles. The summed E-state index contributed by atoms with van der Waals surface area (Å²) in [4.78, 5) is 12.2. The first kappa shape index (κ1) is 17.2. The first-order valence-electron chi connectivity index (χ1n) is 7.87. The molecule has 128 valence electrons. The van der Waals surface area contributed by atoms with E-state index in [4.69, 9.17) is 0 Å². The van der Waals surface area contributed by atoms with Crippen LogP contribution in [-0.4, -0.2) is 20.8 Å². The Morgan fingerprint density at radius 2 is 2.00 bits per heavy atom. The molecule has 1 unspecified atom stereocenters. The maximum Gasteiger partial charge on any atom is 0.315 e. The molecule has 0 bridgehead atoms. The molecule has 2 aromatic carbocycles. The number of nitrogens with zero attached hydrogens (tertiary/aromatic N) is 3. The zero-order valence-corrected chi connectivity index (χ0v) is 15.3. The van der Waals surface area contributed by atoms with Crippen molar-refractivity contribution in [3.05, 3.63) is 76.8 Å². The van der Waals surface area contributed by atoms with Crippen LogP contribution in [0.5, 0.6) is 0 Å². The van der Waals surface area contributed by atoms with E-state index in [2.05, 4.69) is 36.8 Å². The monoisotopic (exact) mass is 399 g/mol. The summed E-state index contributed by atoms with van der Waals surface area (Å²) in [5.74, 6) is 0.663. The zero-order valence-electron chi connectivity index (χ0n) is 13.7. The van der Waals surface area contributed by atoms with Crippen molar-refractivity contribution in [1.82, 2.24) is 25.4 Å². The largest absolute Gasteiger partial charge is 0.332 e. The van der Waals surface area contributed by atoms with Gasteiger partial charge in [0.2, 0.25) is 0 Å². The predicted octanol–water partition coefficient (Wildman–Crippen LogP) is 3.59. The van der Waals surface area contributed by atoms with Gasteiger partial charge in [-0.15, -0.1) is 10.2 Å². The average molecular weight is 400 g/mol. The van der Waals surface area contributed by atoms with Crippen molar-refractivity contribution in [3.63, 3.8) is 0 Å². The molecule has 0 aliphatic heterocycles. The van der Waals surface area contributed by atoms with Crippen LogP contribution in [0.2, 0.25) is 0 Å². The molecule has 2 amide bonds. The van der Waals surface area contributed by atoms with Crippen LogP contribution >= 0.6 is 15.9 Å². The van der Waals surface area contributed by atoms with E-state index in [-0.39, 0.29) is 18.6 Å². The maximum absolute atomic E-state index is 12.2. The van der Waals surface area contributed by atoms with Crippen LogP contribution in [0, 0.1) is 0 Å². The predicted molar refractivity (Wildman–Crippen MR) is 99.3 cm³/mol. The Morgan fingerprint density at radius 3 is 2.76 bits per heavy atom. The molecular formula is C18H18BrN5O. The second kappa shape index (κ2) is 7.94. The third-order valence-electron chi connectivity index (χ3n) is 3.76. The summed E-state index contributed by atoms with van der Waals surface area (Å²) < 4.78 is 2.83. The Bertz CT molecular complexity index is 849. The maximum atomic E-state index is 12.2. The van der Waals surface area contributed by atoms with Crippen LogP contribution in [0.15, 0.2) is 65.4 Å². The minimum atomic E-state index is -0.255. The van der Waals surface area contributed by atoms with Crippen LogP contribution in [0.4, 0.5) is 4.79 Å². The molecule has 0 saturated carbocycles. The van der Waals surface area contributed by atoms with Crippen molar-refractivity contribution in [2.45, 2.75) is 19.5 Å². The summed E-state index contributed by atoms with van der Waals surface area (Å²) in [5, 5.41) is 13.8. The Kier molecular flexibility index (Phi) is 5.45. The molecule has 2 N–H and O–H groups in total. The third-order valence-corrected chi connectivity index (χ3v) is 4.25. The molecule has 25 heavy (non-hydrogen) atoms. The van der Waals surface area contributed by atoms with Crippen molar-refractivity contribution in [2.24, 2.45) is 0 Å². The fourth-order valence-electron chi connectivity index (χ4n) is 2.45. The summed E-state index contributed by atoms with van der Waals surface area (Å²) in [6.45, 7) is 2.22. The van der Waals surface area contributed by atoms with E-state index in [0.29, 0.717) is 5.82 Å². The van der Waals surface area contributed by atoms with Crippen LogP contribution in [-0.2, 0) is 6.54 Å². The fraction of sp³-hybridized carbons (Fsp3) is 0.167. The molecule has 0 radical (unpaired) electrons. The van der Waals surface area contributed by atoms with Crippen molar-refractivity contribution in [3.8, 4) is 5.69 Å². The van der Waals surface area contributed by atoms with E-state index in [9.17, 15) is 4.79 Å². The van der Waals surface area contributed by atoms with E-state index in [1.54, 1.807) is 6.33 Å². The number of urea groups is 1. The number of nitrogens with one attached hydrogen (secondary N) is 2. The van der Waals surface area contributed by atoms with Gasteiger partial charge < -0.3 is 10.6 Å². The molecule has 6 nitrogen and oxygen atoms in total. The molecule has 0 aliphatic carbocycles. The van der Waals surface area contributed by atoms with Crippen molar-refractivity contribution in [1.29, 1.82) is 0 Å². The topological polar surface area (TPSA) is 71.8 Å². The molecule has 0 fully saturated rings. The number of carbonyl (C=O) groups excluding carboxylic acids is 1. The highest BCUT2D eigenvalue weighted by Gasteiger charge is 2.11. The number of aromatic nitrogens is 3. The Balaban J connectivity index is 1.59. The van der Waals surface area contributed by atoms with Crippen LogP contribution in [0.1, 0.15) is 24.4 Å². The Morgan fingerprint density at radius 1 is 1.20 bits per heavy atom. The number of amides is 2. The van der Waals surface area contributed by atoms with E-state index in [1.807, 2.05) is 66.1 Å². The van der Waals surface area contributed by atoms with Gasteiger partial charge in [0.25, 0.3) is 0 Å². The van der Waals surface area contributed by atoms with Crippen molar-refractivity contribution < 1.29 is 4.79 Å². The molecule has 1 atom stereocenters. The highest BCUT2D eigenvalue weighted by Crippen LogP contribution is 2.17. The molecule has 3 rings (SSSR count). The lowest BCUT2D eigenvalue weighted by molar-refractivity contribution is 0.237. The SMILES string of the molecule is CC(NC(=O)NCc1nncn1-c1ccccc1)c1cccc(Br)c1. The van der Waals surface area contributed by atoms with Gasteiger partial charge in [0.15, 0.2) is 5.82 Å². The number of rotatable bonds is 5. The summed E-state index contributed by atoms with van der Waals surface area (Å²) in [7, 11) is 0. The number of benzene rings is 2. The Hall–Kier alpha value is -2.67. The minimum absolute atomic E-state index is 0.107. The molecule has 0 aliphatic rings. The van der Waals surface area contributed by atoms with Crippen molar-refractivity contribution in [2.75, 3.05) is 0 Å². The van der Waals surface area contributed by atoms with Gasteiger partial charge in [-0.05, 0) is 36.8 Å². The molecule has 0 spiro atoms. The smallest absolute Gasteiger partial charge is 0.315 e. The van der Waals surface area contributed by atoms with Gasteiger partial charge in [0, 0.05) is 10.2 Å². The van der Waals surface area contributed by atoms with Crippen LogP contribution in [0.3, 0.4) is 0 Å². The fourth-order valence-corrected chi connectivity index (χ4v) is 2.87. The normalized spacial score (nSPS) is 11.8. The highest BCUT2D eigenvalue weighted by molar-refractivity contribution is 9.10. The van der Waals surface area contributed by atoms with E-state index in [1.165, 1.54) is 0 Å². The van der Waals surface area contributed by atoms with Crippen LogP contribution < -0.4 is 10.6 Å². The first-order valence-corrected chi connectivity index (χ1v) is 8.67. The van der Waals surface area contributed by atoms with E-state index < -0.39 is 0 Å². The van der Waals surface area contributed by atoms with Gasteiger partial charge in [0.1, 0.15) is 6.33 Å². The lowest BCUT2D eigenvalue weighted by atomic mass is 10.1. The number of carbonyl (C=O) groups is 1. The number of halogens is 1. The number of para-hydroxylation sites is 1. The zero-order chi connectivity index (χ0) is 17.6. The van der Waals surface area contributed by atoms with Crippen LogP contribution in [0.25, 0.3) is 5.69 Å². The Labute approximate surface area is 154 Å². The average Bonchev–Trinajstić information content (AvgIpc) is 3.09. The summed E-state index contributed by atoms with van der Waals surface area (Å²) in [6, 6.07) is 17.2. The standard InChI is InChI=1S/C18H18BrN5O/c1-13(14-6-5-7-15(19)10-14)22-18(25)20-11-17-23-21-12-24(17)16-8-3-2-4-9-16/h2-10,12-13H,11H2,1H3,(H2,20,22,25). The van der Waals surface area contributed by atoms with E-state index >= 15 is 0 Å². The summed E-state index contributed by atoms with van der Waals surface area (Å²) in [6.07, 6.45) is 1.63. The molecule has 1 aromatic heterocycles. The molecular weight excluding hydrogens is 382 g/mol. The number of hydrogen-bond donors (Lipinski definition) is 2. The van der Waals surface area contributed by atoms with Gasteiger partial charge in [-0.2, -0.15) is 0 Å². The first-order chi connectivity index (χ1) is 12.1. The third kappa shape index (κ3) is 4.45. The lowest BCUT2D eigenvalue weighted by Gasteiger charge is -2.15.